The van der Waals surface area contributed by atoms with Gasteiger partial charge in [0.15, 0.2) is 0 Å². The lowest BCUT2D eigenvalue weighted by molar-refractivity contribution is 0.241. The van der Waals surface area contributed by atoms with Crippen LogP contribution in [0.2, 0.25) is 0 Å². The molecular weight excluding hydrogens is 384 g/mol. The highest BCUT2D eigenvalue weighted by Crippen LogP contribution is 2.21. The molecule has 0 saturated heterocycles. The van der Waals surface area contributed by atoms with Crippen LogP contribution in [0.15, 0.2) is 66.1 Å². The average molecular weight is 413 g/mol. The van der Waals surface area contributed by atoms with Gasteiger partial charge in [-0.15, -0.1) is 0 Å². The highest BCUT2D eigenvalue weighted by molar-refractivity contribution is 7.91. The number of nitrogens with zero attached hydrogens (tertiary/aromatic N) is 4. The Labute approximate surface area is 173 Å². The molecule has 6 nitrogen and oxygen atoms in total. The molecule has 1 aromatic carbocycles. The maximum atomic E-state index is 12.6. The van der Waals surface area contributed by atoms with Gasteiger partial charge in [0.2, 0.25) is 15.0 Å². The van der Waals surface area contributed by atoms with Crippen LogP contribution < -0.4 is 0 Å². The van der Waals surface area contributed by atoms with E-state index in [0.717, 1.165) is 17.8 Å². The molecule has 29 heavy (non-hydrogen) atoms. The van der Waals surface area contributed by atoms with Crippen molar-refractivity contribution < 1.29 is 8.42 Å². The maximum Gasteiger partial charge on any atom is 0.227 e. The molecule has 3 rings (SSSR count). The van der Waals surface area contributed by atoms with Crippen LogP contribution >= 0.6 is 0 Å². The lowest BCUT2D eigenvalue weighted by Crippen LogP contribution is -2.25. The topological polar surface area (TPSA) is 68.1 Å². The maximum absolute atomic E-state index is 12.6. The lowest BCUT2D eigenvalue weighted by atomic mass is 10.1. The summed E-state index contributed by atoms with van der Waals surface area (Å²) in [5.41, 5.74) is 3.03. The summed E-state index contributed by atoms with van der Waals surface area (Å²) in [6, 6.07) is 16.1. The highest BCUT2D eigenvalue weighted by Gasteiger charge is 2.23. The normalized spacial score (nSPS) is 13.0. The van der Waals surface area contributed by atoms with Crippen LogP contribution in [0.3, 0.4) is 0 Å². The van der Waals surface area contributed by atoms with E-state index in [-0.39, 0.29) is 17.0 Å². The summed E-state index contributed by atoms with van der Waals surface area (Å²) in [4.78, 5) is 10.9. The van der Waals surface area contributed by atoms with E-state index >= 15 is 0 Å². The average Bonchev–Trinajstić information content (AvgIpc) is 3.16. The first kappa shape index (κ1) is 21.2. The Kier molecular flexibility index (Phi) is 6.82. The van der Waals surface area contributed by atoms with E-state index in [1.54, 1.807) is 19.3 Å². The predicted molar refractivity (Wildman–Crippen MR) is 114 cm³/mol. The minimum atomic E-state index is -3.40. The molecular formula is C22H28N4O2S. The van der Waals surface area contributed by atoms with Gasteiger partial charge in [0.25, 0.3) is 0 Å². The smallest absolute Gasteiger partial charge is 0.227 e. The van der Waals surface area contributed by atoms with Crippen molar-refractivity contribution in [3.05, 3.63) is 77.9 Å². The van der Waals surface area contributed by atoms with E-state index in [0.29, 0.717) is 13.1 Å². The van der Waals surface area contributed by atoms with Gasteiger partial charge >= 0.3 is 0 Å². The number of imidazole rings is 1. The summed E-state index contributed by atoms with van der Waals surface area (Å²) in [6.45, 7) is 4.90. The van der Waals surface area contributed by atoms with E-state index in [2.05, 4.69) is 33.9 Å². The van der Waals surface area contributed by atoms with Crippen molar-refractivity contribution in [2.75, 3.05) is 12.8 Å². The predicted octanol–water partition coefficient (Wildman–Crippen LogP) is 3.51. The van der Waals surface area contributed by atoms with Gasteiger partial charge in [-0.2, -0.15) is 0 Å². The van der Waals surface area contributed by atoms with Gasteiger partial charge in [-0.05, 0) is 38.1 Å². The fourth-order valence-electron chi connectivity index (χ4n) is 3.26. The molecule has 0 amide bonds. The minimum Gasteiger partial charge on any atom is -0.317 e. The van der Waals surface area contributed by atoms with Crippen molar-refractivity contribution in [2.45, 2.75) is 44.6 Å². The molecule has 3 aromatic rings. The van der Waals surface area contributed by atoms with Crippen LogP contribution in [0.4, 0.5) is 0 Å². The molecule has 154 valence electrons. The van der Waals surface area contributed by atoms with E-state index < -0.39 is 9.84 Å². The quantitative estimate of drug-likeness (QED) is 0.538. The molecule has 0 radical (unpaired) electrons. The molecule has 7 heteroatoms. The fraction of sp³-hybridized carbons (Fsp3) is 0.364. The van der Waals surface area contributed by atoms with Gasteiger partial charge in [-0.3, -0.25) is 9.88 Å². The van der Waals surface area contributed by atoms with Gasteiger partial charge in [-0.1, -0.05) is 43.3 Å². The summed E-state index contributed by atoms with van der Waals surface area (Å²) < 4.78 is 27.0. The Morgan fingerprint density at radius 2 is 1.79 bits per heavy atom. The zero-order valence-corrected chi connectivity index (χ0v) is 18.0. The number of sulfone groups is 1. The summed E-state index contributed by atoms with van der Waals surface area (Å²) in [7, 11) is -1.38. The van der Waals surface area contributed by atoms with Crippen molar-refractivity contribution >= 4 is 9.84 Å². The Balaban J connectivity index is 1.85. The van der Waals surface area contributed by atoms with E-state index in [1.807, 2.05) is 48.0 Å². The second-order valence-electron chi connectivity index (χ2n) is 7.17. The molecule has 0 N–H and O–H groups in total. The van der Waals surface area contributed by atoms with E-state index in [1.165, 1.54) is 5.56 Å². The van der Waals surface area contributed by atoms with Crippen molar-refractivity contribution in [1.29, 1.82) is 0 Å². The van der Waals surface area contributed by atoms with Crippen LogP contribution in [0.5, 0.6) is 0 Å². The largest absolute Gasteiger partial charge is 0.317 e. The Bertz CT molecular complexity index is 1020. The first-order valence-electron chi connectivity index (χ1n) is 9.84. The minimum absolute atomic E-state index is 0.0367. The zero-order valence-electron chi connectivity index (χ0n) is 17.2. The van der Waals surface area contributed by atoms with E-state index in [4.69, 9.17) is 0 Å². The van der Waals surface area contributed by atoms with Crippen LogP contribution in [-0.4, -0.2) is 40.7 Å². The SMILES string of the molecule is CCS(=O)(=O)c1ncc(CN(C)[C@H](C)c2ccccn2)n1CCc1ccccc1. The lowest BCUT2D eigenvalue weighted by Gasteiger charge is -2.25. The summed E-state index contributed by atoms with van der Waals surface area (Å²) >= 11 is 0. The molecule has 0 unspecified atom stereocenters. The highest BCUT2D eigenvalue weighted by atomic mass is 32.2. The number of hydrogen-bond donors (Lipinski definition) is 0. The van der Waals surface area contributed by atoms with Crippen LogP contribution in [0.1, 0.15) is 36.8 Å². The summed E-state index contributed by atoms with van der Waals surface area (Å²) in [6.07, 6.45) is 4.22. The molecule has 0 aliphatic rings. The van der Waals surface area contributed by atoms with Gasteiger partial charge in [0.05, 0.1) is 23.3 Å². The molecule has 2 heterocycles. The van der Waals surface area contributed by atoms with Crippen LogP contribution in [0.25, 0.3) is 0 Å². The molecule has 0 saturated carbocycles. The molecule has 0 spiro atoms. The Hall–Kier alpha value is -2.51. The molecule has 1 atom stereocenters. The summed E-state index contributed by atoms with van der Waals surface area (Å²) in [5.74, 6) is 0.0367. The van der Waals surface area contributed by atoms with Gasteiger partial charge in [0, 0.05) is 25.3 Å². The third kappa shape index (κ3) is 5.10. The number of aromatic nitrogens is 3. The number of rotatable bonds is 9. The second kappa shape index (κ2) is 9.33. The van der Waals surface area contributed by atoms with Gasteiger partial charge in [0.1, 0.15) is 0 Å². The fourth-order valence-corrected chi connectivity index (χ4v) is 4.28. The molecule has 2 aromatic heterocycles. The number of pyridine rings is 1. The van der Waals surface area contributed by atoms with Crippen molar-refractivity contribution in [2.24, 2.45) is 0 Å². The van der Waals surface area contributed by atoms with Gasteiger partial charge in [-0.25, -0.2) is 13.4 Å². The Morgan fingerprint density at radius 1 is 1.07 bits per heavy atom. The Morgan fingerprint density at radius 3 is 2.45 bits per heavy atom. The molecule has 0 aliphatic carbocycles. The number of hydrogen-bond acceptors (Lipinski definition) is 5. The molecule has 0 fully saturated rings. The van der Waals surface area contributed by atoms with Crippen molar-refractivity contribution in [1.82, 2.24) is 19.4 Å². The first-order chi connectivity index (χ1) is 13.9. The van der Waals surface area contributed by atoms with Crippen molar-refractivity contribution in [3.63, 3.8) is 0 Å². The standard InChI is InChI=1S/C22H28N4O2S/c1-4-29(27,28)22-24-16-20(26(22)15-13-19-10-6-5-7-11-19)17-25(3)18(2)21-12-8-9-14-23-21/h5-12,14,16,18H,4,13,15,17H2,1-3H3/t18-/m1/s1. The second-order valence-corrected chi connectivity index (χ2v) is 9.34. The third-order valence-electron chi connectivity index (χ3n) is 5.22. The summed E-state index contributed by atoms with van der Waals surface area (Å²) in [5, 5.41) is 0.157. The number of aryl methyl sites for hydroxylation is 1. The van der Waals surface area contributed by atoms with Gasteiger partial charge < -0.3 is 4.57 Å². The number of benzene rings is 1. The third-order valence-corrected chi connectivity index (χ3v) is 6.86. The van der Waals surface area contributed by atoms with Crippen LogP contribution in [0, 0.1) is 0 Å². The first-order valence-corrected chi connectivity index (χ1v) is 11.5. The molecule has 0 bridgehead atoms. The zero-order chi connectivity index (χ0) is 20.9. The monoisotopic (exact) mass is 412 g/mol. The van der Waals surface area contributed by atoms with Crippen molar-refractivity contribution in [3.8, 4) is 0 Å². The van der Waals surface area contributed by atoms with Crippen LogP contribution in [-0.2, 0) is 29.3 Å². The molecule has 0 aliphatic heterocycles. The van der Waals surface area contributed by atoms with E-state index in [9.17, 15) is 8.42 Å².